The molecule has 0 radical (unpaired) electrons. The topological polar surface area (TPSA) is 58.4 Å². The van der Waals surface area contributed by atoms with Crippen LogP contribution in [-0.2, 0) is 12.7 Å². The Labute approximate surface area is 142 Å². The molecule has 0 saturated carbocycles. The minimum Gasteiger partial charge on any atom is -0.478 e. The van der Waals surface area contributed by atoms with E-state index in [2.05, 4.69) is 10.00 Å². The van der Waals surface area contributed by atoms with Gasteiger partial charge in [-0.3, -0.25) is 9.58 Å². The van der Waals surface area contributed by atoms with Crippen molar-refractivity contribution in [2.45, 2.75) is 31.6 Å². The minimum atomic E-state index is -4.41. The number of benzene rings is 1. The monoisotopic (exact) mass is 353 g/mol. The summed E-state index contributed by atoms with van der Waals surface area (Å²) in [5.74, 6) is -0.954. The summed E-state index contributed by atoms with van der Waals surface area (Å²) < 4.78 is 39.3. The lowest BCUT2D eigenvalue weighted by Gasteiger charge is -2.32. The number of aromatic nitrogens is 2. The number of aromatic carboxylic acids is 1. The van der Waals surface area contributed by atoms with Crippen LogP contribution in [0.25, 0.3) is 0 Å². The van der Waals surface area contributed by atoms with Crippen LogP contribution in [0.3, 0.4) is 0 Å². The van der Waals surface area contributed by atoms with Gasteiger partial charge in [-0.2, -0.15) is 18.3 Å². The number of nitrogens with zero attached hydrogens (tertiary/aromatic N) is 3. The van der Waals surface area contributed by atoms with Crippen molar-refractivity contribution in [1.29, 1.82) is 0 Å². The van der Waals surface area contributed by atoms with Gasteiger partial charge in [0, 0.05) is 25.8 Å². The highest BCUT2D eigenvalue weighted by Crippen LogP contribution is 2.29. The Morgan fingerprint density at radius 2 is 1.80 bits per heavy atom. The first-order valence-electron chi connectivity index (χ1n) is 8.00. The van der Waals surface area contributed by atoms with Gasteiger partial charge < -0.3 is 5.11 Å². The van der Waals surface area contributed by atoms with Gasteiger partial charge in [0.15, 0.2) is 5.69 Å². The molecule has 8 heteroatoms. The Bertz CT molecular complexity index is 732. The van der Waals surface area contributed by atoms with Gasteiger partial charge in [-0.25, -0.2) is 4.79 Å². The Morgan fingerprint density at radius 3 is 2.32 bits per heavy atom. The number of halogens is 3. The SMILES string of the molecule is O=C(O)c1ccc(CN2CCC(n3ccc(C(F)(F)F)n3)CC2)cc1. The number of hydrogen-bond donors (Lipinski definition) is 1. The van der Waals surface area contributed by atoms with Crippen LogP contribution in [0.4, 0.5) is 13.2 Å². The molecule has 1 fully saturated rings. The summed E-state index contributed by atoms with van der Waals surface area (Å²) in [5.41, 5.74) is 0.414. The Morgan fingerprint density at radius 1 is 1.16 bits per heavy atom. The number of hydrogen-bond acceptors (Lipinski definition) is 3. The molecule has 1 aromatic carbocycles. The summed E-state index contributed by atoms with van der Waals surface area (Å²) in [5, 5.41) is 12.6. The van der Waals surface area contributed by atoms with E-state index in [1.54, 1.807) is 24.3 Å². The van der Waals surface area contributed by atoms with Crippen LogP contribution in [0.1, 0.15) is 40.5 Å². The van der Waals surface area contributed by atoms with Crippen molar-refractivity contribution in [3.63, 3.8) is 0 Å². The van der Waals surface area contributed by atoms with Crippen molar-refractivity contribution in [2.75, 3.05) is 13.1 Å². The highest BCUT2D eigenvalue weighted by molar-refractivity contribution is 5.87. The summed E-state index contributed by atoms with van der Waals surface area (Å²) in [6, 6.07) is 7.72. The van der Waals surface area contributed by atoms with Gasteiger partial charge in [0.25, 0.3) is 0 Å². The fraction of sp³-hybridized carbons (Fsp3) is 0.412. The largest absolute Gasteiger partial charge is 0.478 e. The smallest absolute Gasteiger partial charge is 0.435 e. The summed E-state index contributed by atoms with van der Waals surface area (Å²) in [6.45, 7) is 2.21. The zero-order valence-corrected chi connectivity index (χ0v) is 13.4. The first-order chi connectivity index (χ1) is 11.8. The predicted molar refractivity (Wildman–Crippen MR) is 84.2 cm³/mol. The summed E-state index contributed by atoms with van der Waals surface area (Å²) in [4.78, 5) is 13.1. The highest BCUT2D eigenvalue weighted by Gasteiger charge is 2.34. The van der Waals surface area contributed by atoms with Crippen molar-refractivity contribution >= 4 is 5.97 Å². The van der Waals surface area contributed by atoms with E-state index in [-0.39, 0.29) is 11.6 Å². The van der Waals surface area contributed by atoms with E-state index in [0.29, 0.717) is 6.54 Å². The van der Waals surface area contributed by atoms with Crippen molar-refractivity contribution in [2.24, 2.45) is 0 Å². The first-order valence-corrected chi connectivity index (χ1v) is 8.00. The van der Waals surface area contributed by atoms with Crippen molar-refractivity contribution in [1.82, 2.24) is 14.7 Å². The Hall–Kier alpha value is -2.35. The van der Waals surface area contributed by atoms with Crippen molar-refractivity contribution in [3.8, 4) is 0 Å². The fourth-order valence-corrected chi connectivity index (χ4v) is 3.05. The molecular weight excluding hydrogens is 335 g/mol. The lowest BCUT2D eigenvalue weighted by Crippen LogP contribution is -2.34. The lowest BCUT2D eigenvalue weighted by atomic mass is 10.0. The van der Waals surface area contributed by atoms with Gasteiger partial charge in [0.2, 0.25) is 0 Å². The normalized spacial score (nSPS) is 16.9. The Balaban J connectivity index is 1.55. The fourth-order valence-electron chi connectivity index (χ4n) is 3.05. The molecule has 25 heavy (non-hydrogen) atoms. The molecule has 2 heterocycles. The van der Waals surface area contributed by atoms with Crippen molar-refractivity contribution < 1.29 is 23.1 Å². The van der Waals surface area contributed by atoms with Gasteiger partial charge in [0.1, 0.15) is 0 Å². The third-order valence-electron chi connectivity index (χ3n) is 4.44. The van der Waals surface area contributed by atoms with E-state index in [9.17, 15) is 18.0 Å². The number of carbonyl (C=O) groups is 1. The van der Waals surface area contributed by atoms with E-state index in [0.717, 1.165) is 37.6 Å². The second kappa shape index (κ2) is 6.87. The molecular formula is C17H18F3N3O2. The Kier molecular flexibility index (Phi) is 4.80. The maximum atomic E-state index is 12.6. The van der Waals surface area contributed by atoms with Gasteiger partial charge in [0.05, 0.1) is 11.6 Å². The number of carboxylic acids is 1. The second-order valence-electron chi connectivity index (χ2n) is 6.19. The molecule has 1 saturated heterocycles. The van der Waals surface area contributed by atoms with E-state index in [4.69, 9.17) is 5.11 Å². The number of likely N-dealkylation sites (tertiary alicyclic amines) is 1. The highest BCUT2D eigenvalue weighted by atomic mass is 19.4. The predicted octanol–water partition coefficient (Wildman–Crippen LogP) is 3.44. The minimum absolute atomic E-state index is 0.0262. The van der Waals surface area contributed by atoms with Gasteiger partial charge in [-0.1, -0.05) is 12.1 Å². The van der Waals surface area contributed by atoms with E-state index in [1.165, 1.54) is 10.9 Å². The van der Waals surface area contributed by atoms with Crippen LogP contribution in [0.15, 0.2) is 36.5 Å². The van der Waals surface area contributed by atoms with E-state index < -0.39 is 17.8 Å². The molecule has 0 aliphatic carbocycles. The molecule has 1 N–H and O–H groups in total. The van der Waals surface area contributed by atoms with Crippen LogP contribution in [0.2, 0.25) is 0 Å². The zero-order chi connectivity index (χ0) is 18.0. The standard InChI is InChI=1S/C17H18F3N3O2/c18-17(19,20)15-7-10-23(21-15)14-5-8-22(9-6-14)11-12-1-3-13(4-2-12)16(24)25/h1-4,7,10,14H,5-6,8-9,11H2,(H,24,25). The van der Waals surface area contributed by atoms with Crippen molar-refractivity contribution in [3.05, 3.63) is 53.3 Å². The summed E-state index contributed by atoms with van der Waals surface area (Å²) >= 11 is 0. The van der Waals surface area contributed by atoms with E-state index in [1.807, 2.05) is 0 Å². The third kappa shape index (κ3) is 4.19. The molecule has 0 amide bonds. The molecule has 1 aliphatic heterocycles. The maximum absolute atomic E-state index is 12.6. The summed E-state index contributed by atoms with van der Waals surface area (Å²) in [6.07, 6.45) is -1.56. The van der Waals surface area contributed by atoms with Gasteiger partial charge in [-0.05, 0) is 36.6 Å². The molecule has 3 rings (SSSR count). The molecule has 2 aromatic rings. The molecule has 5 nitrogen and oxygen atoms in total. The van der Waals surface area contributed by atoms with Crippen LogP contribution < -0.4 is 0 Å². The second-order valence-corrected chi connectivity index (χ2v) is 6.19. The number of piperidine rings is 1. The molecule has 0 atom stereocenters. The average molecular weight is 353 g/mol. The summed E-state index contributed by atoms with van der Waals surface area (Å²) in [7, 11) is 0. The first kappa shape index (κ1) is 17.5. The molecule has 1 aliphatic rings. The molecule has 1 aromatic heterocycles. The van der Waals surface area contributed by atoms with Crippen LogP contribution in [-0.4, -0.2) is 38.8 Å². The quantitative estimate of drug-likeness (QED) is 0.915. The number of alkyl halides is 3. The van der Waals surface area contributed by atoms with E-state index >= 15 is 0 Å². The number of rotatable bonds is 4. The average Bonchev–Trinajstić information content (AvgIpc) is 3.06. The van der Waals surface area contributed by atoms with Gasteiger partial charge >= 0.3 is 12.1 Å². The molecule has 0 bridgehead atoms. The lowest BCUT2D eigenvalue weighted by molar-refractivity contribution is -0.141. The maximum Gasteiger partial charge on any atom is 0.435 e. The molecule has 0 unspecified atom stereocenters. The third-order valence-corrected chi connectivity index (χ3v) is 4.44. The van der Waals surface area contributed by atoms with Crippen LogP contribution >= 0.6 is 0 Å². The van der Waals surface area contributed by atoms with Gasteiger partial charge in [-0.15, -0.1) is 0 Å². The van der Waals surface area contributed by atoms with Crippen LogP contribution in [0, 0.1) is 0 Å². The molecule has 134 valence electrons. The number of carboxylic acid groups (broad SMARTS) is 1. The zero-order valence-electron chi connectivity index (χ0n) is 13.4. The van der Waals surface area contributed by atoms with Crippen LogP contribution in [0.5, 0.6) is 0 Å². The molecule has 0 spiro atoms.